The Morgan fingerprint density at radius 1 is 1.24 bits per heavy atom. The first-order chi connectivity index (χ1) is 10.1. The van der Waals surface area contributed by atoms with Crippen LogP contribution >= 0.6 is 11.8 Å². The van der Waals surface area contributed by atoms with Crippen molar-refractivity contribution in [1.29, 1.82) is 0 Å². The van der Waals surface area contributed by atoms with Gasteiger partial charge in [-0.05, 0) is 28.2 Å². The fourth-order valence-corrected chi connectivity index (χ4v) is 2.81. The van der Waals surface area contributed by atoms with Gasteiger partial charge in [-0.25, -0.2) is 0 Å². The van der Waals surface area contributed by atoms with Gasteiger partial charge in [0.05, 0.1) is 12.7 Å². The molecule has 0 radical (unpaired) electrons. The first-order valence-corrected chi connectivity index (χ1v) is 8.13. The Kier molecular flexibility index (Phi) is 5.51. The molecule has 112 valence electrons. The van der Waals surface area contributed by atoms with Crippen LogP contribution in [0.3, 0.4) is 0 Å². The molecule has 2 aromatic carbocycles. The maximum absolute atomic E-state index is 12.3. The summed E-state index contributed by atoms with van der Waals surface area (Å²) in [4.78, 5) is 12.3. The molecule has 0 aliphatic carbocycles. The fourth-order valence-electron chi connectivity index (χ4n) is 2.12. The molecular weight excluding hydrogens is 282 g/mol. The lowest BCUT2D eigenvalue weighted by Crippen LogP contribution is -2.26. The van der Waals surface area contributed by atoms with Crippen LogP contribution in [0.25, 0.3) is 10.8 Å². The van der Waals surface area contributed by atoms with E-state index >= 15 is 0 Å². The lowest BCUT2D eigenvalue weighted by atomic mass is 10.1. The summed E-state index contributed by atoms with van der Waals surface area (Å²) in [6.45, 7) is 4.97. The minimum atomic E-state index is -0.0815. The summed E-state index contributed by atoms with van der Waals surface area (Å²) in [6.07, 6.45) is 0. The number of hydrogen-bond acceptors (Lipinski definition) is 3. The van der Waals surface area contributed by atoms with Gasteiger partial charge in [0.1, 0.15) is 5.75 Å². The zero-order chi connectivity index (χ0) is 15.2. The zero-order valence-corrected chi connectivity index (χ0v) is 13.5. The normalized spacial score (nSPS) is 10.9. The second-order valence-corrected chi connectivity index (χ2v) is 6.76. The van der Waals surface area contributed by atoms with Crippen molar-refractivity contribution in [3.8, 4) is 5.75 Å². The summed E-state index contributed by atoms with van der Waals surface area (Å²) in [6, 6.07) is 11.8. The third kappa shape index (κ3) is 4.14. The lowest BCUT2D eigenvalue weighted by Gasteiger charge is -2.11. The van der Waals surface area contributed by atoms with Crippen molar-refractivity contribution in [2.75, 3.05) is 19.4 Å². The molecule has 0 fully saturated rings. The number of carbonyl (C=O) groups excluding carboxylic acids is 1. The van der Waals surface area contributed by atoms with E-state index in [1.165, 1.54) is 0 Å². The molecule has 4 heteroatoms. The molecule has 1 N–H and O–H groups in total. The van der Waals surface area contributed by atoms with Crippen molar-refractivity contribution in [3.63, 3.8) is 0 Å². The van der Waals surface area contributed by atoms with Gasteiger partial charge in [0.2, 0.25) is 0 Å². The largest absolute Gasteiger partial charge is 0.496 e. The molecule has 1 amide bonds. The summed E-state index contributed by atoms with van der Waals surface area (Å²) >= 11 is 1.83. The Morgan fingerprint density at radius 3 is 2.52 bits per heavy atom. The van der Waals surface area contributed by atoms with Gasteiger partial charge in [0.15, 0.2) is 0 Å². The van der Waals surface area contributed by atoms with E-state index in [4.69, 9.17) is 4.74 Å². The highest BCUT2D eigenvalue weighted by Crippen LogP contribution is 2.25. The number of benzene rings is 2. The molecule has 0 bridgehead atoms. The Hall–Kier alpha value is -1.68. The van der Waals surface area contributed by atoms with Crippen LogP contribution in [-0.2, 0) is 0 Å². The van der Waals surface area contributed by atoms with Crippen LogP contribution in [0.5, 0.6) is 5.75 Å². The van der Waals surface area contributed by atoms with Gasteiger partial charge < -0.3 is 10.1 Å². The topological polar surface area (TPSA) is 38.3 Å². The number of nitrogens with one attached hydrogen (secondary N) is 1. The molecule has 0 unspecified atom stereocenters. The molecule has 0 spiro atoms. The Morgan fingerprint density at radius 2 is 1.90 bits per heavy atom. The second-order valence-electron chi connectivity index (χ2n) is 5.08. The smallest absolute Gasteiger partial charge is 0.255 e. The van der Waals surface area contributed by atoms with E-state index in [0.29, 0.717) is 23.1 Å². The Labute approximate surface area is 130 Å². The van der Waals surface area contributed by atoms with E-state index in [0.717, 1.165) is 16.5 Å². The summed E-state index contributed by atoms with van der Waals surface area (Å²) in [5.74, 6) is 1.45. The van der Waals surface area contributed by atoms with Crippen LogP contribution in [0.4, 0.5) is 0 Å². The minimum Gasteiger partial charge on any atom is -0.496 e. The maximum Gasteiger partial charge on any atom is 0.255 e. The fraction of sp³-hybridized carbons (Fsp3) is 0.353. The summed E-state index contributed by atoms with van der Waals surface area (Å²) in [5, 5.41) is 5.65. The monoisotopic (exact) mass is 303 g/mol. The maximum atomic E-state index is 12.3. The number of methoxy groups -OCH3 is 1. The van der Waals surface area contributed by atoms with E-state index in [9.17, 15) is 4.79 Å². The summed E-state index contributed by atoms with van der Waals surface area (Å²) in [5.41, 5.74) is 0.589. The predicted molar refractivity (Wildman–Crippen MR) is 90.4 cm³/mol. The van der Waals surface area contributed by atoms with Gasteiger partial charge in [-0.3, -0.25) is 4.79 Å². The molecule has 0 saturated heterocycles. The average molecular weight is 303 g/mol. The van der Waals surface area contributed by atoms with Gasteiger partial charge >= 0.3 is 0 Å². The van der Waals surface area contributed by atoms with Gasteiger partial charge in [-0.1, -0.05) is 38.1 Å². The first-order valence-electron chi connectivity index (χ1n) is 7.08. The van der Waals surface area contributed by atoms with Crippen molar-refractivity contribution >= 4 is 28.4 Å². The van der Waals surface area contributed by atoms with Crippen molar-refractivity contribution in [3.05, 3.63) is 42.0 Å². The van der Waals surface area contributed by atoms with Gasteiger partial charge in [0, 0.05) is 12.3 Å². The Bertz CT molecular complexity index is 625. The van der Waals surface area contributed by atoms with E-state index in [-0.39, 0.29) is 5.91 Å². The van der Waals surface area contributed by atoms with E-state index < -0.39 is 0 Å². The SMILES string of the molecule is COc1cc2ccccc2cc1C(=O)NCCSC(C)C. The highest BCUT2D eigenvalue weighted by Gasteiger charge is 2.13. The molecule has 0 atom stereocenters. The third-order valence-corrected chi connectivity index (χ3v) is 4.26. The average Bonchev–Trinajstić information content (AvgIpc) is 2.49. The van der Waals surface area contributed by atoms with Crippen LogP contribution in [-0.4, -0.2) is 30.6 Å². The van der Waals surface area contributed by atoms with Crippen LogP contribution < -0.4 is 10.1 Å². The molecule has 2 aromatic rings. The van der Waals surface area contributed by atoms with Gasteiger partial charge in [0.25, 0.3) is 5.91 Å². The zero-order valence-electron chi connectivity index (χ0n) is 12.7. The summed E-state index contributed by atoms with van der Waals surface area (Å²) < 4.78 is 5.35. The highest BCUT2D eigenvalue weighted by atomic mass is 32.2. The van der Waals surface area contributed by atoms with Crippen LogP contribution in [0.1, 0.15) is 24.2 Å². The standard InChI is InChI=1S/C17H21NO2S/c1-12(2)21-9-8-18-17(19)15-10-13-6-4-5-7-14(13)11-16(15)20-3/h4-7,10-12H,8-9H2,1-3H3,(H,18,19). The first kappa shape index (κ1) is 15.7. The molecular formula is C17H21NO2S. The number of rotatable bonds is 6. The van der Waals surface area contributed by atoms with Crippen molar-refractivity contribution in [2.24, 2.45) is 0 Å². The van der Waals surface area contributed by atoms with E-state index in [1.807, 2.05) is 48.2 Å². The molecule has 21 heavy (non-hydrogen) atoms. The summed E-state index contributed by atoms with van der Waals surface area (Å²) in [7, 11) is 1.59. The van der Waals surface area contributed by atoms with E-state index in [2.05, 4.69) is 19.2 Å². The minimum absolute atomic E-state index is 0.0815. The van der Waals surface area contributed by atoms with Gasteiger partial charge in [-0.15, -0.1) is 0 Å². The van der Waals surface area contributed by atoms with Crippen molar-refractivity contribution in [2.45, 2.75) is 19.1 Å². The molecule has 2 rings (SSSR count). The molecule has 0 aromatic heterocycles. The second kappa shape index (κ2) is 7.36. The molecule has 3 nitrogen and oxygen atoms in total. The number of amides is 1. The van der Waals surface area contributed by atoms with E-state index in [1.54, 1.807) is 7.11 Å². The van der Waals surface area contributed by atoms with Crippen LogP contribution in [0.2, 0.25) is 0 Å². The van der Waals surface area contributed by atoms with Gasteiger partial charge in [-0.2, -0.15) is 11.8 Å². The van der Waals surface area contributed by atoms with Crippen molar-refractivity contribution < 1.29 is 9.53 Å². The predicted octanol–water partition coefficient (Wildman–Crippen LogP) is 3.72. The molecule has 0 heterocycles. The number of ether oxygens (including phenoxy) is 1. The highest BCUT2D eigenvalue weighted by molar-refractivity contribution is 7.99. The van der Waals surface area contributed by atoms with Crippen LogP contribution in [0.15, 0.2) is 36.4 Å². The quantitative estimate of drug-likeness (QED) is 0.827. The van der Waals surface area contributed by atoms with Crippen molar-refractivity contribution in [1.82, 2.24) is 5.32 Å². The number of hydrogen-bond donors (Lipinski definition) is 1. The lowest BCUT2D eigenvalue weighted by molar-refractivity contribution is 0.0953. The molecule has 0 aliphatic rings. The third-order valence-electron chi connectivity index (χ3n) is 3.15. The molecule has 0 saturated carbocycles. The Balaban J connectivity index is 2.14. The number of thioether (sulfide) groups is 1. The number of carbonyl (C=O) groups is 1. The molecule has 0 aliphatic heterocycles. The number of fused-ring (bicyclic) bond motifs is 1. The van der Waals surface area contributed by atoms with Crippen LogP contribution in [0, 0.1) is 0 Å².